The van der Waals surface area contributed by atoms with Gasteiger partial charge in [0.05, 0.1) is 23.9 Å². The van der Waals surface area contributed by atoms with E-state index in [1.54, 1.807) is 28.3 Å². The number of hydrogen-bond donors (Lipinski definition) is 0. The fraction of sp³-hybridized carbons (Fsp3) is 0.711. The minimum Gasteiger partial charge on any atom is -0.545 e. The largest absolute Gasteiger partial charge is 0.545 e. The van der Waals surface area contributed by atoms with Crippen LogP contribution in [0.15, 0.2) is 53.8 Å². The Bertz CT molecular complexity index is 1200. The molecule has 0 bridgehead atoms. The Morgan fingerprint density at radius 1 is 0.714 bits per heavy atom. The summed E-state index contributed by atoms with van der Waals surface area (Å²) >= 11 is 0. The van der Waals surface area contributed by atoms with Crippen LogP contribution in [-0.4, -0.2) is 82.8 Å². The van der Waals surface area contributed by atoms with E-state index in [4.69, 9.17) is 32.2 Å². The van der Waals surface area contributed by atoms with Crippen LogP contribution in [0.2, 0.25) is 58.9 Å². The third-order valence-corrected chi connectivity index (χ3v) is 11.4. The highest BCUT2D eigenvalue weighted by molar-refractivity contribution is 6.70. The number of carbonyl (C=O) groups is 1. The van der Waals surface area contributed by atoms with Crippen molar-refractivity contribution in [1.29, 1.82) is 0 Å². The van der Waals surface area contributed by atoms with E-state index in [-0.39, 0.29) is 30.1 Å². The molecule has 1 aliphatic heterocycles. The minimum atomic E-state index is -2.24. The fourth-order valence-corrected chi connectivity index (χ4v) is 9.66. The quantitative estimate of drug-likeness (QED) is 0.134. The van der Waals surface area contributed by atoms with Crippen molar-refractivity contribution in [2.45, 2.75) is 142 Å². The normalized spacial score (nSPS) is 31.4. The second-order valence-electron chi connectivity index (χ2n) is 16.4. The van der Waals surface area contributed by atoms with E-state index in [2.05, 4.69) is 84.9 Å². The van der Waals surface area contributed by atoms with Crippen LogP contribution >= 0.6 is 0 Å². The Hall–Kier alpha value is -1.58. The number of carbonyl (C=O) groups excluding carboxylic acids is 1. The zero-order chi connectivity index (χ0) is 37.2. The molecule has 1 aromatic rings. The lowest BCUT2D eigenvalue weighted by Crippen LogP contribution is -2.52. The summed E-state index contributed by atoms with van der Waals surface area (Å²) in [6.45, 7) is 25.7. The van der Waals surface area contributed by atoms with Crippen LogP contribution < -0.4 is 0 Å². The molecule has 0 amide bonds. The highest BCUT2D eigenvalue weighted by Gasteiger charge is 2.43. The van der Waals surface area contributed by atoms with E-state index in [9.17, 15) is 4.79 Å². The van der Waals surface area contributed by atoms with Gasteiger partial charge in [0.15, 0.2) is 16.6 Å². The highest BCUT2D eigenvalue weighted by Crippen LogP contribution is 2.35. The Balaban J connectivity index is 2.86. The average Bonchev–Trinajstić information content (AvgIpc) is 3.00. The number of hydrogen-bond acceptors (Lipinski definition) is 8. The van der Waals surface area contributed by atoms with Gasteiger partial charge in [0.25, 0.3) is 0 Å². The summed E-state index contributed by atoms with van der Waals surface area (Å²) < 4.78 is 45.5. The standard InChI is InChI=1S/C38H68O8Si3/c1-27-25-26-33(41-5)32(40-4)24-20-19-23-31(30-21-17-16-18-22-30)43-38(39)29(3)36(46-49(13,14)15)37(42-6)35(45-48(10,11)12)28(2)34(27)44-47(7,8)9/h16-18,21-22,25-28,31-35,37H,19-20,23-24H2,1-15H3/b26-25+,36-29-/t27-,28+,31-,32-,33+,34?,35-,37+/m0/s1. The van der Waals surface area contributed by atoms with Crippen LogP contribution in [-0.2, 0) is 37.0 Å². The monoisotopic (exact) mass is 736 g/mol. The first kappa shape index (κ1) is 43.6. The van der Waals surface area contributed by atoms with Gasteiger partial charge >= 0.3 is 5.97 Å². The first-order valence-electron chi connectivity index (χ1n) is 18.0. The van der Waals surface area contributed by atoms with Crippen LogP contribution in [0.4, 0.5) is 0 Å². The Morgan fingerprint density at radius 3 is 1.80 bits per heavy atom. The van der Waals surface area contributed by atoms with E-state index in [1.807, 2.05) is 30.3 Å². The Labute approximate surface area is 301 Å². The molecule has 0 saturated carbocycles. The highest BCUT2D eigenvalue weighted by atomic mass is 28.4. The molecular formula is C38H68O8Si3. The number of benzene rings is 1. The molecule has 0 fully saturated rings. The molecule has 280 valence electrons. The van der Waals surface area contributed by atoms with Gasteiger partial charge in [-0.25, -0.2) is 4.79 Å². The molecule has 0 radical (unpaired) electrons. The van der Waals surface area contributed by atoms with Crippen molar-refractivity contribution in [3.63, 3.8) is 0 Å². The maximum atomic E-state index is 14.2. The zero-order valence-electron chi connectivity index (χ0n) is 33.3. The van der Waals surface area contributed by atoms with Crippen molar-refractivity contribution >= 4 is 30.9 Å². The van der Waals surface area contributed by atoms with Gasteiger partial charge in [-0.15, -0.1) is 0 Å². The average molecular weight is 737 g/mol. The number of esters is 1. The van der Waals surface area contributed by atoms with E-state index in [1.165, 1.54) is 0 Å². The van der Waals surface area contributed by atoms with Crippen molar-refractivity contribution in [3.8, 4) is 0 Å². The van der Waals surface area contributed by atoms with Gasteiger partial charge < -0.3 is 32.2 Å². The summed E-state index contributed by atoms with van der Waals surface area (Å²) in [7, 11) is -1.29. The first-order valence-corrected chi connectivity index (χ1v) is 28.2. The summed E-state index contributed by atoms with van der Waals surface area (Å²) in [5, 5.41) is 0. The SMILES string of the molecule is CO[C@H]1CCCC[C@@H](c2ccccc2)OC(=O)/C(C)=C(\O[Si](C)(C)C)[C@H](OC)[C@@H](O[Si](C)(C)C)[C@H](C)C(O[Si](C)(C)C)[C@@H](C)/C=C/[C@H]1OC. The van der Waals surface area contributed by atoms with Gasteiger partial charge in [0.1, 0.15) is 24.1 Å². The van der Waals surface area contributed by atoms with E-state index in [0.29, 0.717) is 17.8 Å². The molecule has 0 aromatic heterocycles. The Morgan fingerprint density at radius 2 is 1.29 bits per heavy atom. The van der Waals surface area contributed by atoms with Crippen molar-refractivity contribution in [1.82, 2.24) is 0 Å². The molecule has 8 nitrogen and oxygen atoms in total. The van der Waals surface area contributed by atoms with Crippen LogP contribution in [0.25, 0.3) is 0 Å². The molecule has 0 aliphatic carbocycles. The van der Waals surface area contributed by atoms with Crippen LogP contribution in [0.1, 0.15) is 58.1 Å². The number of cyclic esters (lactones) is 1. The van der Waals surface area contributed by atoms with E-state index >= 15 is 0 Å². The van der Waals surface area contributed by atoms with E-state index in [0.717, 1.165) is 24.8 Å². The second kappa shape index (κ2) is 19.3. The summed E-state index contributed by atoms with van der Waals surface area (Å²) in [4.78, 5) is 14.2. The predicted molar refractivity (Wildman–Crippen MR) is 207 cm³/mol. The Kier molecular flexibility index (Phi) is 17.2. The number of methoxy groups -OCH3 is 3. The summed E-state index contributed by atoms with van der Waals surface area (Å²) in [6, 6.07) is 9.97. The van der Waals surface area contributed by atoms with Gasteiger partial charge in [-0.3, -0.25) is 0 Å². The van der Waals surface area contributed by atoms with Crippen LogP contribution in [0.5, 0.6) is 0 Å². The van der Waals surface area contributed by atoms with Crippen LogP contribution in [0, 0.1) is 11.8 Å². The van der Waals surface area contributed by atoms with Gasteiger partial charge in [0, 0.05) is 27.2 Å². The van der Waals surface area contributed by atoms with E-state index < -0.39 is 49.2 Å². The summed E-state index contributed by atoms with van der Waals surface area (Å²) in [5.74, 6) is -0.0385. The smallest absolute Gasteiger partial charge is 0.337 e. The molecule has 8 atom stereocenters. The molecular weight excluding hydrogens is 669 g/mol. The van der Waals surface area contributed by atoms with Crippen LogP contribution in [0.3, 0.4) is 0 Å². The topological polar surface area (TPSA) is 81.7 Å². The molecule has 1 heterocycles. The molecule has 0 N–H and O–H groups in total. The third kappa shape index (κ3) is 14.5. The predicted octanol–water partition coefficient (Wildman–Crippen LogP) is 9.28. The van der Waals surface area contributed by atoms with Crippen molar-refractivity contribution in [2.75, 3.05) is 21.3 Å². The third-order valence-electron chi connectivity index (χ3n) is 8.61. The lowest BCUT2D eigenvalue weighted by molar-refractivity contribution is -0.145. The van der Waals surface area contributed by atoms with Gasteiger partial charge in [-0.05, 0) is 96.6 Å². The summed E-state index contributed by atoms with van der Waals surface area (Å²) in [6.07, 6.45) is 5.48. The molecule has 2 rings (SSSR count). The molecule has 0 spiro atoms. The van der Waals surface area contributed by atoms with Gasteiger partial charge in [-0.2, -0.15) is 0 Å². The molecule has 11 heteroatoms. The second-order valence-corrected chi connectivity index (χ2v) is 29.8. The zero-order valence-corrected chi connectivity index (χ0v) is 36.3. The minimum absolute atomic E-state index is 0.0176. The molecule has 1 unspecified atom stereocenters. The van der Waals surface area contributed by atoms with Crippen molar-refractivity contribution in [2.24, 2.45) is 11.8 Å². The fourth-order valence-electron chi connectivity index (χ4n) is 6.33. The maximum absolute atomic E-state index is 14.2. The number of rotatable bonds is 10. The lowest BCUT2D eigenvalue weighted by Gasteiger charge is -2.43. The lowest BCUT2D eigenvalue weighted by atomic mass is 9.85. The van der Waals surface area contributed by atoms with Gasteiger partial charge in [-0.1, -0.05) is 62.8 Å². The molecule has 1 aromatic carbocycles. The molecule has 49 heavy (non-hydrogen) atoms. The number of ether oxygens (including phenoxy) is 4. The first-order chi connectivity index (χ1) is 22.7. The maximum Gasteiger partial charge on any atom is 0.337 e. The van der Waals surface area contributed by atoms with Gasteiger partial charge in [0.2, 0.25) is 8.32 Å². The summed E-state index contributed by atoms with van der Waals surface area (Å²) in [5.41, 5.74) is 1.37. The molecule has 0 saturated heterocycles. The van der Waals surface area contributed by atoms with Crippen molar-refractivity contribution in [3.05, 3.63) is 59.4 Å². The van der Waals surface area contributed by atoms with Crippen molar-refractivity contribution < 1.29 is 37.0 Å². The molecule has 1 aliphatic rings.